The number of alkyl halides is 3. The standard InChI is InChI=1S/C30H33F3N6O5S/c1-16-10-22-25(35-12-16)44-29(7-8-29)15-38(45(22,42)43)14-19-11-21(34-13-17(19)2)23(28(4,5)27(40)41)20-6-9-39-24(18(20)3)36-37-26(39)30(31,32)33/h6,9-13,23,42-43H,7-8,14-15H2,1-5H3,(H,40,41). The second kappa shape index (κ2) is 10.4. The van der Waals surface area contributed by atoms with Gasteiger partial charge in [0.2, 0.25) is 11.7 Å². The molecule has 5 heterocycles. The van der Waals surface area contributed by atoms with E-state index in [4.69, 9.17) is 4.74 Å². The lowest BCUT2D eigenvalue weighted by Gasteiger charge is -2.42. The van der Waals surface area contributed by atoms with Gasteiger partial charge in [-0.3, -0.25) is 23.3 Å². The van der Waals surface area contributed by atoms with Gasteiger partial charge in [-0.2, -0.15) is 17.5 Å². The fourth-order valence-electron chi connectivity index (χ4n) is 5.88. The summed E-state index contributed by atoms with van der Waals surface area (Å²) in [5.41, 5.74) is 1.15. The van der Waals surface area contributed by atoms with Crippen LogP contribution in [-0.2, 0) is 17.5 Å². The molecular formula is C30H33F3N6O5S. The van der Waals surface area contributed by atoms with Crippen LogP contribution in [0.25, 0.3) is 5.65 Å². The maximum atomic E-state index is 13.6. The second-order valence-corrected chi connectivity index (χ2v) is 14.5. The van der Waals surface area contributed by atoms with Crippen molar-refractivity contribution in [3.63, 3.8) is 0 Å². The van der Waals surface area contributed by atoms with Gasteiger partial charge in [-0.25, -0.2) is 4.98 Å². The molecule has 1 aliphatic heterocycles. The minimum atomic E-state index is -4.73. The summed E-state index contributed by atoms with van der Waals surface area (Å²) in [6.07, 6.45) is 1.12. The first-order valence-corrected chi connectivity index (χ1v) is 15.7. The summed E-state index contributed by atoms with van der Waals surface area (Å²) in [4.78, 5) is 21.8. The smallest absolute Gasteiger partial charge is 0.452 e. The number of aromatic nitrogens is 5. The van der Waals surface area contributed by atoms with Crippen LogP contribution in [0.1, 0.15) is 71.9 Å². The average molecular weight is 647 g/mol. The molecule has 1 unspecified atom stereocenters. The summed E-state index contributed by atoms with van der Waals surface area (Å²) in [5, 5.41) is 17.4. The summed E-state index contributed by atoms with van der Waals surface area (Å²) in [6, 6.07) is 4.84. The topological polar surface area (TPSA) is 146 Å². The predicted octanol–water partition coefficient (Wildman–Crippen LogP) is 6.16. The van der Waals surface area contributed by atoms with Crippen LogP contribution in [0, 0.1) is 26.2 Å². The van der Waals surface area contributed by atoms with Crippen molar-refractivity contribution in [2.24, 2.45) is 5.41 Å². The van der Waals surface area contributed by atoms with Crippen molar-refractivity contribution in [1.82, 2.24) is 28.9 Å². The molecule has 45 heavy (non-hydrogen) atoms. The van der Waals surface area contributed by atoms with Crippen LogP contribution < -0.4 is 4.74 Å². The van der Waals surface area contributed by atoms with Crippen molar-refractivity contribution in [1.29, 1.82) is 0 Å². The molecule has 0 radical (unpaired) electrons. The van der Waals surface area contributed by atoms with Gasteiger partial charge in [0.15, 0.2) is 5.65 Å². The number of rotatable bonds is 6. The van der Waals surface area contributed by atoms with E-state index in [1.807, 2.05) is 6.92 Å². The van der Waals surface area contributed by atoms with Gasteiger partial charge >= 0.3 is 12.1 Å². The third kappa shape index (κ3) is 5.30. The van der Waals surface area contributed by atoms with Crippen LogP contribution in [-0.4, -0.2) is 61.2 Å². The summed E-state index contributed by atoms with van der Waals surface area (Å²) >= 11 is 0. The van der Waals surface area contributed by atoms with Gasteiger partial charge in [-0.1, -0.05) is 0 Å². The van der Waals surface area contributed by atoms with Crippen LogP contribution in [0.5, 0.6) is 5.88 Å². The number of carbonyl (C=O) groups is 1. The number of aryl methyl sites for hydroxylation is 3. The number of carboxylic acids is 1. The third-order valence-electron chi connectivity index (χ3n) is 8.78. The number of aliphatic carboxylic acids is 1. The summed E-state index contributed by atoms with van der Waals surface area (Å²) in [5.74, 6) is -3.04. The zero-order valence-electron chi connectivity index (χ0n) is 25.3. The highest BCUT2D eigenvalue weighted by Crippen LogP contribution is 2.61. The van der Waals surface area contributed by atoms with Gasteiger partial charge in [0, 0.05) is 36.7 Å². The fraction of sp³-hybridized carbons (Fsp3) is 0.433. The molecule has 1 atom stereocenters. The molecule has 0 bridgehead atoms. The minimum absolute atomic E-state index is 0.0471. The normalized spacial score (nSPS) is 19.1. The van der Waals surface area contributed by atoms with Crippen molar-refractivity contribution in [3.05, 3.63) is 76.1 Å². The van der Waals surface area contributed by atoms with Gasteiger partial charge in [0.1, 0.15) is 10.5 Å². The van der Waals surface area contributed by atoms with E-state index in [0.29, 0.717) is 22.4 Å². The highest BCUT2D eigenvalue weighted by Gasteiger charge is 2.52. The summed E-state index contributed by atoms with van der Waals surface area (Å²) < 4.78 is 72.5. The van der Waals surface area contributed by atoms with Crippen molar-refractivity contribution in [3.8, 4) is 5.88 Å². The Bertz CT molecular complexity index is 1840. The molecule has 3 N–H and O–H groups in total. The van der Waals surface area contributed by atoms with E-state index >= 15 is 0 Å². The van der Waals surface area contributed by atoms with E-state index in [0.717, 1.165) is 28.4 Å². The van der Waals surface area contributed by atoms with Crippen LogP contribution in [0.15, 0.2) is 41.7 Å². The molecule has 1 spiro atoms. The van der Waals surface area contributed by atoms with Crippen molar-refractivity contribution >= 4 is 22.4 Å². The first kappa shape index (κ1) is 31.2. The van der Waals surface area contributed by atoms with Gasteiger partial charge in [0.05, 0.1) is 12.0 Å². The monoisotopic (exact) mass is 646 g/mol. The SMILES string of the molecule is Cc1cnc2c(c1)S(O)(O)N(Cc1cc(C(c3ccn4c(C(F)(F)F)nnc4c3C)C(C)(C)C(=O)O)ncc1C)CC1(CC1)O2. The number of hydrogen-bond donors (Lipinski definition) is 3. The minimum Gasteiger partial charge on any atom is -0.481 e. The second-order valence-electron chi connectivity index (χ2n) is 12.5. The van der Waals surface area contributed by atoms with Gasteiger partial charge < -0.3 is 9.84 Å². The quantitative estimate of drug-likeness (QED) is 0.223. The number of hydrogen-bond acceptors (Lipinski definition) is 9. The Morgan fingerprint density at radius 1 is 1.11 bits per heavy atom. The first-order valence-electron chi connectivity index (χ1n) is 14.2. The van der Waals surface area contributed by atoms with E-state index < -0.39 is 45.7 Å². The number of pyridine rings is 3. The Labute approximate surface area is 258 Å². The van der Waals surface area contributed by atoms with E-state index in [-0.39, 0.29) is 29.5 Å². The Kier molecular flexibility index (Phi) is 7.19. The molecule has 0 amide bonds. The van der Waals surface area contributed by atoms with Crippen molar-refractivity contribution in [2.75, 3.05) is 6.54 Å². The van der Waals surface area contributed by atoms with E-state index in [9.17, 15) is 32.2 Å². The van der Waals surface area contributed by atoms with Gasteiger partial charge in [0.25, 0.3) is 0 Å². The maximum absolute atomic E-state index is 13.6. The average Bonchev–Trinajstić information content (AvgIpc) is 3.56. The Morgan fingerprint density at radius 2 is 1.82 bits per heavy atom. The van der Waals surface area contributed by atoms with Crippen molar-refractivity contribution < 1.29 is 36.9 Å². The molecule has 240 valence electrons. The largest absolute Gasteiger partial charge is 0.481 e. The van der Waals surface area contributed by atoms with E-state index in [1.165, 1.54) is 26.1 Å². The lowest BCUT2D eigenvalue weighted by atomic mass is 9.71. The number of carboxylic acid groups (broad SMARTS) is 1. The van der Waals surface area contributed by atoms with Crippen LogP contribution in [0.3, 0.4) is 0 Å². The molecule has 4 aromatic rings. The first-order chi connectivity index (χ1) is 20.9. The van der Waals surface area contributed by atoms with Gasteiger partial charge in [-0.05, 0) is 93.5 Å². The van der Waals surface area contributed by atoms with Crippen molar-refractivity contribution in [2.45, 2.75) is 76.6 Å². The number of halogens is 3. The molecule has 11 nitrogen and oxygen atoms in total. The highest BCUT2D eigenvalue weighted by molar-refractivity contribution is 8.22. The third-order valence-corrected chi connectivity index (χ3v) is 10.6. The maximum Gasteiger partial charge on any atom is 0.452 e. The van der Waals surface area contributed by atoms with Gasteiger partial charge in [-0.15, -0.1) is 21.0 Å². The molecule has 2 aliphatic rings. The molecule has 4 aromatic heterocycles. The lowest BCUT2D eigenvalue weighted by molar-refractivity contribution is -0.147. The molecule has 6 rings (SSSR count). The molecule has 1 aliphatic carbocycles. The van der Waals surface area contributed by atoms with E-state index in [2.05, 4.69) is 20.2 Å². The van der Waals surface area contributed by atoms with Crippen LogP contribution >= 0.6 is 10.8 Å². The lowest BCUT2D eigenvalue weighted by Crippen LogP contribution is -2.36. The molecule has 1 fully saturated rings. The number of nitrogens with zero attached hydrogens (tertiary/aromatic N) is 6. The zero-order chi connectivity index (χ0) is 32.7. The molecule has 1 saturated carbocycles. The fourth-order valence-corrected chi connectivity index (χ4v) is 7.57. The Balaban J connectivity index is 1.45. The van der Waals surface area contributed by atoms with Crippen LogP contribution in [0.2, 0.25) is 0 Å². The summed E-state index contributed by atoms with van der Waals surface area (Å²) in [7, 11) is -3.53. The molecule has 0 aromatic carbocycles. The zero-order valence-corrected chi connectivity index (χ0v) is 26.1. The molecule has 15 heteroatoms. The molecule has 0 saturated heterocycles. The Hall–Kier alpha value is -3.79. The highest BCUT2D eigenvalue weighted by atomic mass is 32.3. The van der Waals surface area contributed by atoms with E-state index in [1.54, 1.807) is 42.7 Å². The summed E-state index contributed by atoms with van der Waals surface area (Å²) in [6.45, 7) is 8.58. The predicted molar refractivity (Wildman–Crippen MR) is 158 cm³/mol. The number of fused-ring (bicyclic) bond motifs is 2. The number of ether oxygens (including phenoxy) is 1. The molecular weight excluding hydrogens is 613 g/mol. The Morgan fingerprint density at radius 3 is 2.47 bits per heavy atom. The van der Waals surface area contributed by atoms with Crippen LogP contribution in [0.4, 0.5) is 13.2 Å².